The number of benzene rings is 1. The highest BCUT2D eigenvalue weighted by atomic mass is 19.1. The van der Waals surface area contributed by atoms with Gasteiger partial charge in [-0.1, -0.05) is 19.9 Å². The number of aryl methyl sites for hydroxylation is 1. The van der Waals surface area contributed by atoms with Crippen molar-refractivity contribution in [2.75, 3.05) is 18.5 Å². The van der Waals surface area contributed by atoms with Crippen molar-refractivity contribution in [3.63, 3.8) is 0 Å². The molecule has 1 aromatic rings. The lowest BCUT2D eigenvalue weighted by Crippen LogP contribution is -2.42. The Morgan fingerprint density at radius 1 is 1.22 bits per heavy atom. The Kier molecular flexibility index (Phi) is 7.16. The van der Waals surface area contributed by atoms with Crippen LogP contribution in [-0.2, 0) is 9.59 Å². The van der Waals surface area contributed by atoms with Crippen molar-refractivity contribution in [1.82, 2.24) is 5.32 Å². The second-order valence-electron chi connectivity index (χ2n) is 5.78. The van der Waals surface area contributed by atoms with Gasteiger partial charge in [-0.05, 0) is 49.3 Å². The Balaban J connectivity index is 2.63. The fourth-order valence-electron chi connectivity index (χ4n) is 2.39. The van der Waals surface area contributed by atoms with E-state index < -0.39 is 17.6 Å². The third-order valence-corrected chi connectivity index (χ3v) is 4.40. The van der Waals surface area contributed by atoms with Gasteiger partial charge >= 0.3 is 11.8 Å². The van der Waals surface area contributed by atoms with Crippen LogP contribution in [0.15, 0.2) is 18.2 Å². The topological polar surface area (TPSA) is 78.4 Å². The molecule has 128 valence electrons. The van der Waals surface area contributed by atoms with E-state index in [9.17, 15) is 14.0 Å². The minimum atomic E-state index is -0.835. The standard InChI is InChI=1S/C17H25FN2O3/c1-4-17(5-2,8-9-21)11-19-15(22)16(23)20-13-7-6-12(3)14(18)10-13/h6-7,10,21H,4-5,8-9,11H2,1-3H3,(H,19,22)(H,20,23). The van der Waals surface area contributed by atoms with Crippen molar-refractivity contribution >= 4 is 17.5 Å². The van der Waals surface area contributed by atoms with E-state index in [1.54, 1.807) is 6.92 Å². The fourth-order valence-corrected chi connectivity index (χ4v) is 2.39. The molecule has 3 N–H and O–H groups in total. The highest BCUT2D eigenvalue weighted by molar-refractivity contribution is 6.39. The van der Waals surface area contributed by atoms with E-state index in [1.807, 2.05) is 13.8 Å². The van der Waals surface area contributed by atoms with Gasteiger partial charge in [0.1, 0.15) is 5.82 Å². The fraction of sp³-hybridized carbons (Fsp3) is 0.529. The molecule has 0 aliphatic rings. The van der Waals surface area contributed by atoms with E-state index in [1.165, 1.54) is 18.2 Å². The predicted octanol–water partition coefficient (Wildman–Crippen LogP) is 2.38. The molecule has 0 atom stereocenters. The lowest BCUT2D eigenvalue weighted by molar-refractivity contribution is -0.136. The SMILES string of the molecule is CCC(CC)(CCO)CNC(=O)C(=O)Nc1ccc(C)c(F)c1. The van der Waals surface area contributed by atoms with Gasteiger partial charge in [0.2, 0.25) is 0 Å². The summed E-state index contributed by atoms with van der Waals surface area (Å²) in [7, 11) is 0. The molecule has 0 aliphatic carbocycles. The Morgan fingerprint density at radius 3 is 2.39 bits per heavy atom. The van der Waals surface area contributed by atoms with Crippen LogP contribution in [0.3, 0.4) is 0 Å². The van der Waals surface area contributed by atoms with Gasteiger partial charge in [0.25, 0.3) is 0 Å². The Hall–Kier alpha value is -1.95. The zero-order valence-electron chi connectivity index (χ0n) is 13.9. The van der Waals surface area contributed by atoms with Gasteiger partial charge in [0, 0.05) is 18.8 Å². The monoisotopic (exact) mass is 324 g/mol. The van der Waals surface area contributed by atoms with E-state index in [0.29, 0.717) is 18.5 Å². The zero-order valence-corrected chi connectivity index (χ0v) is 13.9. The molecule has 0 unspecified atom stereocenters. The molecule has 0 radical (unpaired) electrons. The molecule has 0 saturated carbocycles. The molecule has 1 rings (SSSR count). The van der Waals surface area contributed by atoms with E-state index in [0.717, 1.165) is 12.8 Å². The zero-order chi connectivity index (χ0) is 17.5. The van der Waals surface area contributed by atoms with Gasteiger partial charge in [-0.3, -0.25) is 9.59 Å². The molecule has 5 nitrogen and oxygen atoms in total. The molecule has 0 aliphatic heterocycles. The maximum atomic E-state index is 13.4. The van der Waals surface area contributed by atoms with Crippen molar-refractivity contribution in [3.05, 3.63) is 29.6 Å². The third kappa shape index (κ3) is 5.32. The van der Waals surface area contributed by atoms with Gasteiger partial charge in [0.15, 0.2) is 0 Å². The molecule has 23 heavy (non-hydrogen) atoms. The molecule has 0 saturated heterocycles. The average Bonchev–Trinajstić information content (AvgIpc) is 2.54. The summed E-state index contributed by atoms with van der Waals surface area (Å²) >= 11 is 0. The summed E-state index contributed by atoms with van der Waals surface area (Å²) in [6, 6.07) is 4.25. The highest BCUT2D eigenvalue weighted by Gasteiger charge is 2.27. The molecular weight excluding hydrogens is 299 g/mol. The third-order valence-electron chi connectivity index (χ3n) is 4.40. The first-order chi connectivity index (χ1) is 10.9. The van der Waals surface area contributed by atoms with Crippen LogP contribution in [0.25, 0.3) is 0 Å². The van der Waals surface area contributed by atoms with Gasteiger partial charge in [-0.2, -0.15) is 0 Å². The first-order valence-electron chi connectivity index (χ1n) is 7.83. The molecule has 6 heteroatoms. The number of aliphatic hydroxyl groups is 1. The van der Waals surface area contributed by atoms with Crippen molar-refractivity contribution < 1.29 is 19.1 Å². The normalized spacial score (nSPS) is 11.2. The van der Waals surface area contributed by atoms with Crippen LogP contribution in [0, 0.1) is 18.2 Å². The number of carbonyl (C=O) groups excluding carboxylic acids is 2. The van der Waals surface area contributed by atoms with Gasteiger partial charge in [-0.15, -0.1) is 0 Å². The number of amides is 2. The smallest absolute Gasteiger partial charge is 0.313 e. The molecule has 0 aromatic heterocycles. The molecule has 2 amide bonds. The van der Waals surface area contributed by atoms with Crippen LogP contribution in [-0.4, -0.2) is 30.1 Å². The second kappa shape index (κ2) is 8.62. The molecule has 0 fully saturated rings. The number of carbonyl (C=O) groups is 2. The molecule has 0 bridgehead atoms. The lowest BCUT2D eigenvalue weighted by atomic mass is 9.79. The van der Waals surface area contributed by atoms with Crippen LogP contribution in [0.5, 0.6) is 0 Å². The van der Waals surface area contributed by atoms with E-state index in [2.05, 4.69) is 10.6 Å². The largest absolute Gasteiger partial charge is 0.396 e. The van der Waals surface area contributed by atoms with Crippen LogP contribution < -0.4 is 10.6 Å². The summed E-state index contributed by atoms with van der Waals surface area (Å²) < 4.78 is 13.4. The Labute approximate surface area is 136 Å². The average molecular weight is 324 g/mol. The maximum absolute atomic E-state index is 13.4. The minimum Gasteiger partial charge on any atom is -0.396 e. The maximum Gasteiger partial charge on any atom is 0.313 e. The first kappa shape index (κ1) is 19.1. The van der Waals surface area contributed by atoms with Crippen LogP contribution in [0.4, 0.5) is 10.1 Å². The number of anilines is 1. The number of hydrogen-bond acceptors (Lipinski definition) is 3. The molecule has 0 heterocycles. The van der Waals surface area contributed by atoms with Crippen LogP contribution in [0.1, 0.15) is 38.7 Å². The molecular formula is C17H25FN2O3. The van der Waals surface area contributed by atoms with E-state index >= 15 is 0 Å². The Morgan fingerprint density at radius 2 is 1.87 bits per heavy atom. The van der Waals surface area contributed by atoms with Gasteiger partial charge < -0.3 is 15.7 Å². The van der Waals surface area contributed by atoms with Crippen molar-refractivity contribution in [2.24, 2.45) is 5.41 Å². The van der Waals surface area contributed by atoms with Crippen molar-refractivity contribution in [3.8, 4) is 0 Å². The predicted molar refractivity (Wildman–Crippen MR) is 87.5 cm³/mol. The number of rotatable bonds is 7. The van der Waals surface area contributed by atoms with E-state index in [-0.39, 0.29) is 17.7 Å². The van der Waals surface area contributed by atoms with Gasteiger partial charge in [0.05, 0.1) is 0 Å². The molecule has 1 aromatic carbocycles. The summed E-state index contributed by atoms with van der Waals surface area (Å²) in [4.78, 5) is 23.8. The Bertz CT molecular complexity index is 557. The summed E-state index contributed by atoms with van der Waals surface area (Å²) in [5.41, 5.74) is 0.480. The van der Waals surface area contributed by atoms with Crippen LogP contribution >= 0.6 is 0 Å². The van der Waals surface area contributed by atoms with Gasteiger partial charge in [-0.25, -0.2) is 4.39 Å². The molecule has 0 spiro atoms. The number of aliphatic hydroxyl groups excluding tert-OH is 1. The summed E-state index contributed by atoms with van der Waals surface area (Å²) in [6.45, 7) is 5.94. The van der Waals surface area contributed by atoms with E-state index in [4.69, 9.17) is 5.11 Å². The first-order valence-corrected chi connectivity index (χ1v) is 7.83. The minimum absolute atomic E-state index is 0.0341. The number of halogens is 1. The number of hydrogen-bond donors (Lipinski definition) is 3. The summed E-state index contributed by atoms with van der Waals surface area (Å²) in [6.07, 6.45) is 2.13. The van der Waals surface area contributed by atoms with Crippen molar-refractivity contribution in [2.45, 2.75) is 40.0 Å². The van der Waals surface area contributed by atoms with Crippen molar-refractivity contribution in [1.29, 1.82) is 0 Å². The highest BCUT2D eigenvalue weighted by Crippen LogP contribution is 2.29. The summed E-state index contributed by atoms with van der Waals surface area (Å²) in [5.74, 6) is -2.05. The lowest BCUT2D eigenvalue weighted by Gasteiger charge is -2.31. The quantitative estimate of drug-likeness (QED) is 0.674. The second-order valence-corrected chi connectivity index (χ2v) is 5.78. The summed E-state index contributed by atoms with van der Waals surface area (Å²) in [5, 5.41) is 14.1. The van der Waals surface area contributed by atoms with Crippen LogP contribution in [0.2, 0.25) is 0 Å². The number of nitrogens with one attached hydrogen (secondary N) is 2.